The van der Waals surface area contributed by atoms with E-state index < -0.39 is 6.36 Å². The molecular weight excluding hydrogens is 323 g/mol. The van der Waals surface area contributed by atoms with Crippen LogP contribution in [-0.4, -0.2) is 31.3 Å². The maximum Gasteiger partial charge on any atom is 0.573 e. The monoisotopic (exact) mass is 339 g/mol. The molecule has 0 saturated carbocycles. The predicted molar refractivity (Wildman–Crippen MR) is 81.9 cm³/mol. The first kappa shape index (κ1) is 17.7. The second-order valence-electron chi connectivity index (χ2n) is 5.08. The van der Waals surface area contributed by atoms with Gasteiger partial charge >= 0.3 is 6.36 Å². The van der Waals surface area contributed by atoms with Crippen molar-refractivity contribution in [3.05, 3.63) is 59.7 Å². The van der Waals surface area contributed by atoms with Gasteiger partial charge in [0, 0.05) is 19.2 Å². The van der Waals surface area contributed by atoms with Gasteiger partial charge in [0.25, 0.3) is 5.91 Å². The van der Waals surface area contributed by atoms with Crippen LogP contribution in [0.5, 0.6) is 11.5 Å². The van der Waals surface area contributed by atoms with Gasteiger partial charge in [-0.15, -0.1) is 13.2 Å². The summed E-state index contributed by atoms with van der Waals surface area (Å²) in [5, 5.41) is 0. The Hall–Kier alpha value is -2.70. The molecule has 4 nitrogen and oxygen atoms in total. The third-order valence-corrected chi connectivity index (χ3v) is 3.24. The lowest BCUT2D eigenvalue weighted by atomic mass is 10.1. The van der Waals surface area contributed by atoms with Gasteiger partial charge in [-0.2, -0.15) is 0 Å². The summed E-state index contributed by atoms with van der Waals surface area (Å²) in [5.74, 6) is 0.0560. The molecule has 0 aliphatic heterocycles. The van der Waals surface area contributed by atoms with Crippen molar-refractivity contribution in [1.29, 1.82) is 0 Å². The molecule has 2 aromatic carbocycles. The van der Waals surface area contributed by atoms with E-state index in [1.165, 1.54) is 36.3 Å². The third kappa shape index (κ3) is 4.91. The van der Waals surface area contributed by atoms with E-state index in [9.17, 15) is 18.0 Å². The molecule has 0 aliphatic rings. The van der Waals surface area contributed by atoms with Crippen LogP contribution in [0, 0.1) is 0 Å². The molecule has 0 unspecified atom stereocenters. The minimum absolute atomic E-state index is 0.218. The average Bonchev–Trinajstić information content (AvgIpc) is 2.54. The summed E-state index contributed by atoms with van der Waals surface area (Å²) in [6.07, 6.45) is -4.72. The van der Waals surface area contributed by atoms with Crippen LogP contribution in [0.25, 0.3) is 0 Å². The van der Waals surface area contributed by atoms with Crippen molar-refractivity contribution >= 4 is 5.91 Å². The van der Waals surface area contributed by atoms with Gasteiger partial charge in [0.15, 0.2) is 0 Å². The van der Waals surface area contributed by atoms with Gasteiger partial charge in [-0.05, 0) is 35.9 Å². The van der Waals surface area contributed by atoms with E-state index in [-0.39, 0.29) is 18.2 Å². The molecule has 0 radical (unpaired) electrons. The Labute approximate surface area is 137 Å². The molecule has 0 N–H and O–H groups in total. The number of ether oxygens (including phenoxy) is 2. The smallest absolute Gasteiger partial charge is 0.497 e. The highest BCUT2D eigenvalue weighted by Crippen LogP contribution is 2.23. The highest BCUT2D eigenvalue weighted by molar-refractivity contribution is 5.94. The number of alkyl halides is 3. The minimum atomic E-state index is -4.72. The molecule has 24 heavy (non-hydrogen) atoms. The van der Waals surface area contributed by atoms with E-state index in [0.29, 0.717) is 16.9 Å². The summed E-state index contributed by atoms with van der Waals surface area (Å²) >= 11 is 0. The molecular formula is C17H16F3NO3. The van der Waals surface area contributed by atoms with E-state index in [4.69, 9.17) is 4.74 Å². The Kier molecular flexibility index (Phi) is 5.33. The number of carbonyl (C=O) groups is 1. The zero-order valence-corrected chi connectivity index (χ0v) is 13.1. The fourth-order valence-electron chi connectivity index (χ4n) is 2.12. The molecule has 128 valence electrons. The third-order valence-electron chi connectivity index (χ3n) is 3.24. The molecule has 1 amide bonds. The van der Waals surface area contributed by atoms with Gasteiger partial charge in [-0.1, -0.05) is 18.2 Å². The van der Waals surface area contributed by atoms with Crippen molar-refractivity contribution in [1.82, 2.24) is 4.90 Å². The lowest BCUT2D eigenvalue weighted by Crippen LogP contribution is -2.26. The summed E-state index contributed by atoms with van der Waals surface area (Å²) in [6, 6.07) is 12.1. The zero-order valence-electron chi connectivity index (χ0n) is 13.1. The Bertz CT molecular complexity index is 699. The number of hydrogen-bond donors (Lipinski definition) is 0. The summed E-state index contributed by atoms with van der Waals surface area (Å²) in [7, 11) is 3.12. The fourth-order valence-corrected chi connectivity index (χ4v) is 2.12. The van der Waals surface area contributed by atoms with Crippen molar-refractivity contribution < 1.29 is 27.4 Å². The van der Waals surface area contributed by atoms with E-state index in [1.54, 1.807) is 31.3 Å². The van der Waals surface area contributed by atoms with E-state index in [0.717, 1.165) is 0 Å². The van der Waals surface area contributed by atoms with Gasteiger partial charge in [-0.25, -0.2) is 0 Å². The first-order valence-electron chi connectivity index (χ1n) is 7.03. The van der Waals surface area contributed by atoms with Crippen molar-refractivity contribution in [2.45, 2.75) is 12.9 Å². The predicted octanol–water partition coefficient (Wildman–Crippen LogP) is 3.87. The van der Waals surface area contributed by atoms with Crippen LogP contribution in [0.1, 0.15) is 15.9 Å². The van der Waals surface area contributed by atoms with Crippen LogP contribution in [0.4, 0.5) is 13.2 Å². The summed E-state index contributed by atoms with van der Waals surface area (Å²) < 4.78 is 45.3. The number of benzene rings is 2. The van der Waals surface area contributed by atoms with Gasteiger partial charge < -0.3 is 14.4 Å². The lowest BCUT2D eigenvalue weighted by Gasteiger charge is -2.18. The van der Waals surface area contributed by atoms with Crippen LogP contribution in [0.2, 0.25) is 0 Å². The molecule has 0 heterocycles. The topological polar surface area (TPSA) is 38.8 Å². The summed E-state index contributed by atoms with van der Waals surface area (Å²) in [4.78, 5) is 13.8. The van der Waals surface area contributed by atoms with Crippen molar-refractivity contribution in [3.63, 3.8) is 0 Å². The highest BCUT2D eigenvalue weighted by Gasteiger charge is 2.30. The van der Waals surface area contributed by atoms with Crippen LogP contribution < -0.4 is 9.47 Å². The second-order valence-corrected chi connectivity index (χ2v) is 5.08. The van der Waals surface area contributed by atoms with E-state index >= 15 is 0 Å². The maximum atomic E-state index is 12.4. The van der Waals surface area contributed by atoms with Gasteiger partial charge in [0.2, 0.25) is 0 Å². The Morgan fingerprint density at radius 1 is 1.08 bits per heavy atom. The van der Waals surface area contributed by atoms with E-state index in [2.05, 4.69) is 4.74 Å². The van der Waals surface area contributed by atoms with Crippen LogP contribution in [0.15, 0.2) is 48.5 Å². The van der Waals surface area contributed by atoms with Gasteiger partial charge in [-0.3, -0.25) is 4.79 Å². The molecule has 0 bridgehead atoms. The van der Waals surface area contributed by atoms with Gasteiger partial charge in [0.05, 0.1) is 7.11 Å². The van der Waals surface area contributed by atoms with Crippen LogP contribution in [0.3, 0.4) is 0 Å². The Morgan fingerprint density at radius 3 is 2.33 bits per heavy atom. The fraction of sp³-hybridized carbons (Fsp3) is 0.235. The van der Waals surface area contributed by atoms with Gasteiger partial charge in [0.1, 0.15) is 11.5 Å². The standard InChI is InChI=1S/C17H16F3NO3/c1-21(16(22)13-4-3-5-15(10-13)23-2)11-12-6-8-14(9-7-12)24-17(18,19)20/h3-10H,11H2,1-2H3. The molecule has 7 heteroatoms. The average molecular weight is 339 g/mol. The maximum absolute atomic E-state index is 12.4. The number of hydrogen-bond acceptors (Lipinski definition) is 3. The second kappa shape index (κ2) is 7.25. The molecule has 0 saturated heterocycles. The number of halogens is 3. The first-order chi connectivity index (χ1) is 11.3. The number of nitrogens with zero attached hydrogens (tertiary/aromatic N) is 1. The Balaban J connectivity index is 2.03. The number of rotatable bonds is 5. The molecule has 2 rings (SSSR count). The summed E-state index contributed by atoms with van der Waals surface area (Å²) in [5.41, 5.74) is 1.15. The number of carbonyl (C=O) groups excluding carboxylic acids is 1. The molecule has 0 aliphatic carbocycles. The Morgan fingerprint density at radius 2 is 1.75 bits per heavy atom. The highest BCUT2D eigenvalue weighted by atomic mass is 19.4. The number of amides is 1. The quantitative estimate of drug-likeness (QED) is 0.830. The normalized spacial score (nSPS) is 11.0. The largest absolute Gasteiger partial charge is 0.573 e. The van der Waals surface area contributed by atoms with Crippen molar-refractivity contribution in [3.8, 4) is 11.5 Å². The summed E-state index contributed by atoms with van der Waals surface area (Å²) in [6.45, 7) is 0.252. The molecule has 0 spiro atoms. The molecule has 2 aromatic rings. The lowest BCUT2D eigenvalue weighted by molar-refractivity contribution is -0.274. The number of methoxy groups -OCH3 is 1. The molecule has 0 fully saturated rings. The zero-order chi connectivity index (χ0) is 17.7. The minimum Gasteiger partial charge on any atom is -0.497 e. The van der Waals surface area contributed by atoms with Crippen LogP contribution >= 0.6 is 0 Å². The van der Waals surface area contributed by atoms with E-state index in [1.807, 2.05) is 0 Å². The first-order valence-corrected chi connectivity index (χ1v) is 7.03. The molecule has 0 atom stereocenters. The van der Waals surface area contributed by atoms with Crippen molar-refractivity contribution in [2.75, 3.05) is 14.2 Å². The van der Waals surface area contributed by atoms with Crippen LogP contribution in [-0.2, 0) is 6.54 Å². The SMILES string of the molecule is COc1cccc(C(=O)N(C)Cc2ccc(OC(F)(F)F)cc2)c1. The van der Waals surface area contributed by atoms with Crippen molar-refractivity contribution in [2.24, 2.45) is 0 Å². The molecule has 0 aromatic heterocycles.